The van der Waals surface area contributed by atoms with Crippen LogP contribution in [0.4, 0.5) is 0 Å². The van der Waals surface area contributed by atoms with Gasteiger partial charge in [0, 0.05) is 6.42 Å². The van der Waals surface area contributed by atoms with E-state index in [1.165, 1.54) is 44.3 Å². The van der Waals surface area contributed by atoms with Gasteiger partial charge in [-0.3, -0.25) is 0 Å². The molecule has 0 bridgehead atoms. The number of imidazole rings is 1. The van der Waals surface area contributed by atoms with Crippen LogP contribution in [0.5, 0.6) is 0 Å². The summed E-state index contributed by atoms with van der Waals surface area (Å²) in [5.41, 5.74) is 1.49. The molecule has 2 heteroatoms. The maximum absolute atomic E-state index is 2.40. The van der Waals surface area contributed by atoms with Gasteiger partial charge in [0.2, 0.25) is 6.33 Å². The van der Waals surface area contributed by atoms with Crippen LogP contribution in [0, 0.1) is 0 Å². The van der Waals surface area contributed by atoms with Crippen LogP contribution in [-0.4, -0.2) is 4.57 Å². The maximum atomic E-state index is 2.40. The highest BCUT2D eigenvalue weighted by molar-refractivity contribution is 4.93. The fourth-order valence-corrected chi connectivity index (χ4v) is 1.73. The van der Waals surface area contributed by atoms with Gasteiger partial charge in [-0.15, -0.1) is 0 Å². The number of nitrogens with zero attached hydrogens (tertiary/aromatic N) is 2. The summed E-state index contributed by atoms with van der Waals surface area (Å²) in [5, 5.41) is 0. The van der Waals surface area contributed by atoms with Crippen molar-refractivity contribution < 1.29 is 4.57 Å². The third-order valence-electron chi connectivity index (χ3n) is 2.58. The monoisotopic (exact) mass is 195 g/mol. The molecule has 0 aliphatic heterocycles. The predicted octanol–water partition coefficient (Wildman–Crippen LogP) is 2.46. The van der Waals surface area contributed by atoms with Crippen molar-refractivity contribution >= 4 is 0 Å². The topological polar surface area (TPSA) is 8.81 Å². The lowest BCUT2D eigenvalue weighted by Gasteiger charge is -1.99. The Morgan fingerprint density at radius 2 is 1.93 bits per heavy atom. The van der Waals surface area contributed by atoms with Gasteiger partial charge in [0.15, 0.2) is 0 Å². The van der Waals surface area contributed by atoms with Crippen molar-refractivity contribution in [2.75, 3.05) is 0 Å². The van der Waals surface area contributed by atoms with Crippen LogP contribution < -0.4 is 4.57 Å². The molecule has 0 spiro atoms. The second-order valence-corrected chi connectivity index (χ2v) is 4.05. The lowest BCUT2D eigenvalue weighted by atomic mass is 10.2. The van der Waals surface area contributed by atoms with E-state index in [0.29, 0.717) is 0 Å². The molecular weight excluding hydrogens is 172 g/mol. The van der Waals surface area contributed by atoms with Crippen LogP contribution in [0.3, 0.4) is 0 Å². The maximum Gasteiger partial charge on any atom is 0.243 e. The van der Waals surface area contributed by atoms with E-state index >= 15 is 0 Å². The Morgan fingerprint density at radius 3 is 2.57 bits per heavy atom. The van der Waals surface area contributed by atoms with E-state index < -0.39 is 0 Å². The molecule has 1 heterocycles. The molecule has 0 aliphatic rings. The highest BCUT2D eigenvalue weighted by Gasteiger charge is 2.09. The highest BCUT2D eigenvalue weighted by Crippen LogP contribution is 2.05. The quantitative estimate of drug-likeness (QED) is 0.617. The molecule has 0 saturated carbocycles. The van der Waals surface area contributed by atoms with Crippen molar-refractivity contribution in [3.05, 3.63) is 18.2 Å². The Kier molecular flexibility index (Phi) is 4.71. The molecule has 0 atom stereocenters. The molecule has 2 nitrogen and oxygen atoms in total. The van der Waals surface area contributed by atoms with E-state index in [2.05, 4.69) is 42.6 Å². The number of aryl methyl sites for hydroxylation is 3. The Morgan fingerprint density at radius 1 is 1.21 bits per heavy atom. The Labute approximate surface area is 87.6 Å². The molecule has 0 radical (unpaired) electrons. The molecule has 1 aromatic heterocycles. The van der Waals surface area contributed by atoms with E-state index in [4.69, 9.17) is 0 Å². The van der Waals surface area contributed by atoms with Gasteiger partial charge in [0.05, 0.1) is 13.6 Å². The van der Waals surface area contributed by atoms with E-state index in [-0.39, 0.29) is 0 Å². The minimum absolute atomic E-state index is 1.18. The number of aromatic nitrogens is 2. The molecule has 0 unspecified atom stereocenters. The van der Waals surface area contributed by atoms with E-state index in [0.717, 1.165) is 0 Å². The van der Waals surface area contributed by atoms with Crippen molar-refractivity contribution in [2.24, 2.45) is 7.05 Å². The largest absolute Gasteiger partial charge is 0.243 e. The average molecular weight is 195 g/mol. The first-order valence-corrected chi connectivity index (χ1v) is 5.82. The lowest BCUT2D eigenvalue weighted by molar-refractivity contribution is -0.671. The summed E-state index contributed by atoms with van der Waals surface area (Å²) in [6, 6.07) is 0. The predicted molar refractivity (Wildman–Crippen MR) is 59.1 cm³/mol. The first-order valence-electron chi connectivity index (χ1n) is 5.82. The SMILES string of the molecule is CCCCc1c[n+](C)cn1CCCC. The number of unbranched alkanes of at least 4 members (excludes halogenated alkanes) is 2. The van der Waals surface area contributed by atoms with Gasteiger partial charge < -0.3 is 0 Å². The zero-order valence-corrected chi connectivity index (χ0v) is 9.79. The first kappa shape index (κ1) is 11.3. The molecule has 0 aromatic carbocycles. The van der Waals surface area contributed by atoms with Gasteiger partial charge in [-0.1, -0.05) is 26.7 Å². The Hall–Kier alpha value is -0.790. The standard InChI is InChI=1S/C12H23N2/c1-4-6-8-12-10-13(3)11-14(12)9-7-5-2/h10-11H,4-9H2,1-3H3/q+1. The fourth-order valence-electron chi connectivity index (χ4n) is 1.73. The number of hydrogen-bond acceptors (Lipinski definition) is 0. The van der Waals surface area contributed by atoms with Crippen LogP contribution >= 0.6 is 0 Å². The van der Waals surface area contributed by atoms with E-state index in [1.807, 2.05) is 0 Å². The number of rotatable bonds is 6. The van der Waals surface area contributed by atoms with Crippen molar-refractivity contribution in [3.63, 3.8) is 0 Å². The van der Waals surface area contributed by atoms with Gasteiger partial charge in [-0.25, -0.2) is 9.13 Å². The van der Waals surface area contributed by atoms with E-state index in [9.17, 15) is 0 Å². The van der Waals surface area contributed by atoms with Crippen molar-refractivity contribution in [2.45, 2.75) is 52.5 Å². The summed E-state index contributed by atoms with van der Waals surface area (Å²) in [6.07, 6.45) is 10.8. The van der Waals surface area contributed by atoms with Crippen LogP contribution in [0.1, 0.15) is 45.2 Å². The summed E-state index contributed by atoms with van der Waals surface area (Å²) >= 11 is 0. The molecule has 1 rings (SSSR count). The molecule has 80 valence electrons. The zero-order chi connectivity index (χ0) is 10.4. The van der Waals surface area contributed by atoms with Crippen LogP contribution in [0.2, 0.25) is 0 Å². The van der Waals surface area contributed by atoms with Crippen molar-refractivity contribution in [1.82, 2.24) is 4.57 Å². The highest BCUT2D eigenvalue weighted by atomic mass is 15.1. The molecule has 14 heavy (non-hydrogen) atoms. The minimum Gasteiger partial charge on any atom is -0.239 e. The fraction of sp³-hybridized carbons (Fsp3) is 0.750. The Balaban J connectivity index is 2.60. The second kappa shape index (κ2) is 5.84. The smallest absolute Gasteiger partial charge is 0.239 e. The lowest BCUT2D eigenvalue weighted by Crippen LogP contribution is -2.23. The third-order valence-corrected chi connectivity index (χ3v) is 2.58. The molecule has 0 N–H and O–H groups in total. The minimum atomic E-state index is 1.18. The average Bonchev–Trinajstić information content (AvgIpc) is 2.52. The first-order chi connectivity index (χ1) is 6.77. The van der Waals surface area contributed by atoms with Crippen molar-refractivity contribution in [1.29, 1.82) is 0 Å². The summed E-state index contributed by atoms with van der Waals surface area (Å²) in [5.74, 6) is 0. The molecule has 0 fully saturated rings. The summed E-state index contributed by atoms with van der Waals surface area (Å²) in [6.45, 7) is 5.67. The van der Waals surface area contributed by atoms with E-state index in [1.54, 1.807) is 0 Å². The van der Waals surface area contributed by atoms with Gasteiger partial charge in [-0.2, -0.15) is 0 Å². The molecule has 0 saturated heterocycles. The Bertz CT molecular complexity index is 238. The van der Waals surface area contributed by atoms with Crippen LogP contribution in [0.15, 0.2) is 12.5 Å². The molecular formula is C12H23N2+. The zero-order valence-electron chi connectivity index (χ0n) is 9.79. The van der Waals surface area contributed by atoms with Gasteiger partial charge in [0.1, 0.15) is 11.9 Å². The van der Waals surface area contributed by atoms with Gasteiger partial charge in [0.25, 0.3) is 0 Å². The van der Waals surface area contributed by atoms with Gasteiger partial charge >= 0.3 is 0 Å². The molecule has 0 amide bonds. The van der Waals surface area contributed by atoms with Crippen LogP contribution in [-0.2, 0) is 20.0 Å². The summed E-state index contributed by atoms with van der Waals surface area (Å²) in [7, 11) is 2.11. The third kappa shape index (κ3) is 3.17. The second-order valence-electron chi connectivity index (χ2n) is 4.05. The van der Waals surface area contributed by atoms with Crippen molar-refractivity contribution in [3.8, 4) is 0 Å². The normalized spacial score (nSPS) is 10.8. The van der Waals surface area contributed by atoms with Gasteiger partial charge in [-0.05, 0) is 12.8 Å². The number of hydrogen-bond donors (Lipinski definition) is 0. The van der Waals surface area contributed by atoms with Crippen LogP contribution in [0.25, 0.3) is 0 Å². The molecule has 1 aromatic rings. The molecule has 0 aliphatic carbocycles. The summed E-state index contributed by atoms with van der Waals surface area (Å²) < 4.78 is 4.57. The summed E-state index contributed by atoms with van der Waals surface area (Å²) in [4.78, 5) is 0.